The Kier molecular flexibility index (Phi) is 4.98. The van der Waals surface area contributed by atoms with Crippen molar-refractivity contribution in [3.8, 4) is 0 Å². The van der Waals surface area contributed by atoms with Crippen molar-refractivity contribution in [1.29, 1.82) is 0 Å². The third-order valence-corrected chi connectivity index (χ3v) is 3.85. The molecule has 4 heteroatoms. The summed E-state index contributed by atoms with van der Waals surface area (Å²) in [5, 5.41) is 3.38. The van der Waals surface area contributed by atoms with E-state index in [1.165, 1.54) is 15.6 Å². The summed E-state index contributed by atoms with van der Waals surface area (Å²) in [5.41, 5.74) is 2.64. The van der Waals surface area contributed by atoms with Crippen LogP contribution in [0.3, 0.4) is 0 Å². The highest BCUT2D eigenvalue weighted by molar-refractivity contribution is 9.10. The van der Waals surface area contributed by atoms with Crippen molar-refractivity contribution in [2.24, 2.45) is 0 Å². The zero-order valence-corrected chi connectivity index (χ0v) is 11.8. The molecule has 3 nitrogen and oxygen atoms in total. The van der Waals surface area contributed by atoms with Gasteiger partial charge in [-0.25, -0.2) is 0 Å². The van der Waals surface area contributed by atoms with Crippen LogP contribution in [-0.4, -0.2) is 38.2 Å². The highest BCUT2D eigenvalue weighted by Gasteiger charge is 2.14. The molecule has 1 N–H and O–H groups in total. The summed E-state index contributed by atoms with van der Waals surface area (Å²) < 4.78 is 6.45. The van der Waals surface area contributed by atoms with Gasteiger partial charge in [0.05, 0.1) is 6.61 Å². The molecule has 0 aliphatic carbocycles. The second-order valence-corrected chi connectivity index (χ2v) is 5.19. The van der Waals surface area contributed by atoms with Gasteiger partial charge in [-0.1, -0.05) is 28.1 Å². The van der Waals surface area contributed by atoms with Crippen molar-refractivity contribution in [3.63, 3.8) is 0 Å². The molecule has 0 saturated carbocycles. The number of piperazine rings is 1. The van der Waals surface area contributed by atoms with E-state index in [-0.39, 0.29) is 0 Å². The highest BCUT2D eigenvalue weighted by atomic mass is 79.9. The molecule has 94 valence electrons. The molecule has 0 atom stereocenters. The molecule has 17 heavy (non-hydrogen) atoms. The largest absolute Gasteiger partial charge is 0.380 e. The van der Waals surface area contributed by atoms with Crippen LogP contribution < -0.4 is 5.32 Å². The smallest absolute Gasteiger partial charge is 0.0716 e. The molecule has 0 radical (unpaired) electrons. The molecule has 1 aliphatic heterocycles. The summed E-state index contributed by atoms with van der Waals surface area (Å²) in [5.74, 6) is 0. The first kappa shape index (κ1) is 13.0. The lowest BCUT2D eigenvalue weighted by Gasteiger charge is -2.28. The van der Waals surface area contributed by atoms with E-state index in [2.05, 4.69) is 44.3 Å². The van der Waals surface area contributed by atoms with Gasteiger partial charge in [0.25, 0.3) is 0 Å². The third kappa shape index (κ3) is 3.52. The maximum atomic E-state index is 5.26. The van der Waals surface area contributed by atoms with Crippen molar-refractivity contribution in [2.75, 3.05) is 33.3 Å². The van der Waals surface area contributed by atoms with Gasteiger partial charge in [0.15, 0.2) is 0 Å². The average molecular weight is 299 g/mol. The molecular formula is C13H19BrN2O. The van der Waals surface area contributed by atoms with Crippen molar-refractivity contribution < 1.29 is 4.74 Å². The molecule has 1 fully saturated rings. The van der Waals surface area contributed by atoms with Crippen LogP contribution in [-0.2, 0) is 17.9 Å². The van der Waals surface area contributed by atoms with Gasteiger partial charge in [-0.3, -0.25) is 4.90 Å². The second-order valence-electron chi connectivity index (χ2n) is 4.34. The van der Waals surface area contributed by atoms with E-state index in [9.17, 15) is 0 Å². The van der Waals surface area contributed by atoms with Crippen LogP contribution in [0.1, 0.15) is 11.1 Å². The van der Waals surface area contributed by atoms with Gasteiger partial charge in [-0.05, 0) is 17.2 Å². The van der Waals surface area contributed by atoms with Gasteiger partial charge in [0.1, 0.15) is 0 Å². The lowest BCUT2D eigenvalue weighted by Crippen LogP contribution is -2.43. The molecule has 0 aromatic heterocycles. The van der Waals surface area contributed by atoms with Crippen LogP contribution in [0, 0.1) is 0 Å². The number of methoxy groups -OCH3 is 1. The molecule has 2 rings (SSSR count). The molecule has 0 spiro atoms. The molecule has 0 unspecified atom stereocenters. The maximum absolute atomic E-state index is 5.26. The van der Waals surface area contributed by atoms with Crippen LogP contribution in [0.2, 0.25) is 0 Å². The minimum absolute atomic E-state index is 0.681. The van der Waals surface area contributed by atoms with Gasteiger partial charge < -0.3 is 10.1 Å². The molecule has 1 aliphatic rings. The molecular weight excluding hydrogens is 280 g/mol. The Balaban J connectivity index is 2.12. The molecule has 1 saturated heterocycles. The van der Waals surface area contributed by atoms with Crippen molar-refractivity contribution in [3.05, 3.63) is 33.8 Å². The van der Waals surface area contributed by atoms with E-state index in [0.29, 0.717) is 6.61 Å². The first-order valence-electron chi connectivity index (χ1n) is 5.99. The molecule has 1 heterocycles. The summed E-state index contributed by atoms with van der Waals surface area (Å²) in [7, 11) is 1.75. The molecule has 1 aromatic rings. The number of hydrogen-bond donors (Lipinski definition) is 1. The monoisotopic (exact) mass is 298 g/mol. The first-order valence-corrected chi connectivity index (χ1v) is 6.79. The number of rotatable bonds is 4. The standard InChI is InChI=1S/C13H19BrN2O/c1-17-10-11-3-2-4-13(14)12(11)9-16-7-5-15-6-8-16/h2-4,15H,5-10H2,1H3. The molecule has 1 aromatic carbocycles. The fourth-order valence-corrected chi connectivity index (χ4v) is 2.70. The zero-order valence-electron chi connectivity index (χ0n) is 10.2. The average Bonchev–Trinajstić information content (AvgIpc) is 2.35. The van der Waals surface area contributed by atoms with Crippen LogP contribution in [0.15, 0.2) is 22.7 Å². The minimum Gasteiger partial charge on any atom is -0.380 e. The van der Waals surface area contributed by atoms with Gasteiger partial charge in [0.2, 0.25) is 0 Å². The Labute approximate surface area is 111 Å². The zero-order chi connectivity index (χ0) is 12.1. The van der Waals surface area contributed by atoms with Gasteiger partial charge >= 0.3 is 0 Å². The van der Waals surface area contributed by atoms with Crippen molar-refractivity contribution >= 4 is 15.9 Å². The van der Waals surface area contributed by atoms with Gasteiger partial charge in [-0.15, -0.1) is 0 Å². The Morgan fingerprint density at radius 2 is 2.12 bits per heavy atom. The lowest BCUT2D eigenvalue weighted by atomic mass is 10.1. The van der Waals surface area contributed by atoms with Crippen LogP contribution >= 0.6 is 15.9 Å². The normalized spacial score (nSPS) is 17.3. The van der Waals surface area contributed by atoms with Crippen LogP contribution in [0.5, 0.6) is 0 Å². The third-order valence-electron chi connectivity index (χ3n) is 3.11. The van der Waals surface area contributed by atoms with E-state index in [0.717, 1.165) is 32.7 Å². The van der Waals surface area contributed by atoms with Crippen LogP contribution in [0.25, 0.3) is 0 Å². The number of hydrogen-bond acceptors (Lipinski definition) is 3. The molecule has 0 bridgehead atoms. The van der Waals surface area contributed by atoms with E-state index in [1.54, 1.807) is 7.11 Å². The predicted molar refractivity (Wildman–Crippen MR) is 73.0 cm³/mol. The van der Waals surface area contributed by atoms with Gasteiger partial charge in [0, 0.05) is 44.3 Å². The number of nitrogens with one attached hydrogen (secondary N) is 1. The Morgan fingerprint density at radius 1 is 1.35 bits per heavy atom. The number of ether oxygens (including phenoxy) is 1. The Hall–Kier alpha value is -0.420. The summed E-state index contributed by atoms with van der Waals surface area (Å²) >= 11 is 3.65. The second kappa shape index (κ2) is 6.50. The summed E-state index contributed by atoms with van der Waals surface area (Å²) in [6.07, 6.45) is 0. The number of nitrogens with zero attached hydrogens (tertiary/aromatic N) is 1. The number of halogens is 1. The minimum atomic E-state index is 0.681. The quantitative estimate of drug-likeness (QED) is 0.920. The highest BCUT2D eigenvalue weighted by Crippen LogP contribution is 2.23. The van der Waals surface area contributed by atoms with Crippen LogP contribution in [0.4, 0.5) is 0 Å². The Morgan fingerprint density at radius 3 is 2.82 bits per heavy atom. The predicted octanol–water partition coefficient (Wildman–Crippen LogP) is 2.00. The summed E-state index contributed by atoms with van der Waals surface area (Å²) in [6.45, 7) is 6.10. The fourth-order valence-electron chi connectivity index (χ4n) is 2.16. The first-order chi connectivity index (χ1) is 8.31. The van der Waals surface area contributed by atoms with E-state index >= 15 is 0 Å². The van der Waals surface area contributed by atoms with E-state index in [1.807, 2.05) is 0 Å². The summed E-state index contributed by atoms with van der Waals surface area (Å²) in [4.78, 5) is 2.48. The topological polar surface area (TPSA) is 24.5 Å². The molecule has 0 amide bonds. The van der Waals surface area contributed by atoms with E-state index in [4.69, 9.17) is 4.74 Å². The number of benzene rings is 1. The maximum Gasteiger partial charge on any atom is 0.0716 e. The van der Waals surface area contributed by atoms with Crippen molar-refractivity contribution in [1.82, 2.24) is 10.2 Å². The summed E-state index contributed by atoms with van der Waals surface area (Å²) in [6, 6.07) is 6.32. The van der Waals surface area contributed by atoms with Gasteiger partial charge in [-0.2, -0.15) is 0 Å². The van der Waals surface area contributed by atoms with Crippen molar-refractivity contribution in [2.45, 2.75) is 13.2 Å². The fraction of sp³-hybridized carbons (Fsp3) is 0.538. The Bertz CT molecular complexity index is 364. The van der Waals surface area contributed by atoms with E-state index < -0.39 is 0 Å². The lowest BCUT2D eigenvalue weighted by molar-refractivity contribution is 0.181. The SMILES string of the molecule is COCc1cccc(Br)c1CN1CCNCC1.